The third-order valence-corrected chi connectivity index (χ3v) is 11.1. The SMILES string of the molecule is CCOC(=O)C(Cc1ccc(OCc2nc3ccc(OCC4(C)CCc5c(C)c(O)c(C)c(C)c5O4)cc3n2C)cc1)Sc1ccc(CC)cc1. The summed E-state index contributed by atoms with van der Waals surface area (Å²) in [5.41, 5.74) is 7.44. The van der Waals surface area contributed by atoms with Gasteiger partial charge in [0, 0.05) is 23.6 Å². The highest BCUT2D eigenvalue weighted by Crippen LogP contribution is 2.43. The van der Waals surface area contributed by atoms with E-state index in [1.807, 2.05) is 81.8 Å². The van der Waals surface area contributed by atoms with Crippen LogP contribution in [0.25, 0.3) is 11.0 Å². The van der Waals surface area contributed by atoms with Crippen molar-refractivity contribution < 1.29 is 28.8 Å². The Bertz CT molecular complexity index is 2020. The minimum absolute atomic E-state index is 0.206. The third-order valence-electron chi connectivity index (χ3n) is 9.95. The van der Waals surface area contributed by atoms with Crippen LogP contribution >= 0.6 is 11.8 Å². The van der Waals surface area contributed by atoms with Gasteiger partial charge in [-0.1, -0.05) is 31.2 Å². The number of ether oxygens (including phenoxy) is 4. The number of fused-ring (bicyclic) bond motifs is 2. The summed E-state index contributed by atoms with van der Waals surface area (Å²) in [6, 6.07) is 22.2. The second-order valence-electron chi connectivity index (χ2n) is 13.6. The number of benzene rings is 4. The molecule has 2 heterocycles. The Hall–Kier alpha value is -4.63. The number of nitrogens with zero attached hydrogens (tertiary/aromatic N) is 2. The lowest BCUT2D eigenvalue weighted by molar-refractivity contribution is -0.142. The van der Waals surface area contributed by atoms with E-state index in [1.165, 1.54) is 17.3 Å². The molecule has 1 aliphatic rings. The summed E-state index contributed by atoms with van der Waals surface area (Å²) in [5.74, 6) is 3.29. The summed E-state index contributed by atoms with van der Waals surface area (Å²) in [4.78, 5) is 18.7. The number of hydrogen-bond acceptors (Lipinski definition) is 8. The molecule has 0 saturated carbocycles. The lowest BCUT2D eigenvalue weighted by Crippen LogP contribution is -2.42. The van der Waals surface area contributed by atoms with Gasteiger partial charge in [-0.25, -0.2) is 4.98 Å². The van der Waals surface area contributed by atoms with Crippen LogP contribution in [-0.4, -0.2) is 44.7 Å². The maximum absolute atomic E-state index is 12.8. The number of imidazole rings is 1. The molecule has 8 nitrogen and oxygen atoms in total. The molecule has 0 bridgehead atoms. The molecule has 1 N–H and O–H groups in total. The van der Waals surface area contributed by atoms with Crippen molar-refractivity contribution in [3.63, 3.8) is 0 Å². The van der Waals surface area contributed by atoms with E-state index in [0.29, 0.717) is 32.0 Å². The molecule has 0 amide bonds. The summed E-state index contributed by atoms with van der Waals surface area (Å²) in [5, 5.41) is 10.2. The Morgan fingerprint density at radius 2 is 1.67 bits per heavy atom. The zero-order chi connectivity index (χ0) is 36.3. The first-order valence-electron chi connectivity index (χ1n) is 17.7. The number of rotatable bonds is 13. The number of phenols is 1. The van der Waals surface area contributed by atoms with Crippen molar-refractivity contribution in [3.05, 3.63) is 106 Å². The largest absolute Gasteiger partial charge is 0.507 e. The Morgan fingerprint density at radius 3 is 2.37 bits per heavy atom. The summed E-state index contributed by atoms with van der Waals surface area (Å²) in [6.45, 7) is 13.0. The molecule has 51 heavy (non-hydrogen) atoms. The van der Waals surface area contributed by atoms with Crippen LogP contribution in [0.15, 0.2) is 71.6 Å². The van der Waals surface area contributed by atoms with Crippen LogP contribution in [0.1, 0.15) is 66.4 Å². The van der Waals surface area contributed by atoms with E-state index in [2.05, 4.69) is 38.1 Å². The standard InChI is InChI=1S/C42H48N2O6S/c1-8-29-12-17-33(18-13-29)51-37(41(46)47-9-2)22-30-10-14-31(15-11-30)48-24-38-43-35-19-16-32(23-36(35)44(38)7)49-25-42(6)21-20-34-28(5)39(45)26(3)27(4)40(34)50-42/h10-19,23,37,45H,8-9,20-22,24-25H2,1-7H3. The van der Waals surface area contributed by atoms with E-state index < -0.39 is 5.60 Å². The molecule has 9 heteroatoms. The first-order valence-corrected chi connectivity index (χ1v) is 18.6. The predicted molar refractivity (Wildman–Crippen MR) is 202 cm³/mol. The Morgan fingerprint density at radius 1 is 0.961 bits per heavy atom. The van der Waals surface area contributed by atoms with Crippen LogP contribution < -0.4 is 14.2 Å². The van der Waals surface area contributed by atoms with Crippen LogP contribution in [0, 0.1) is 20.8 Å². The molecule has 5 aromatic rings. The van der Waals surface area contributed by atoms with Gasteiger partial charge in [-0.2, -0.15) is 0 Å². The van der Waals surface area contributed by atoms with E-state index in [-0.39, 0.29) is 11.2 Å². The minimum atomic E-state index is -0.497. The first kappa shape index (κ1) is 36.2. The van der Waals surface area contributed by atoms with Crippen molar-refractivity contribution >= 4 is 28.8 Å². The number of thioether (sulfide) groups is 1. The highest BCUT2D eigenvalue weighted by Gasteiger charge is 2.35. The molecule has 0 aliphatic carbocycles. The van der Waals surface area contributed by atoms with E-state index in [0.717, 1.165) is 86.1 Å². The average Bonchev–Trinajstić information content (AvgIpc) is 3.46. The maximum atomic E-state index is 12.8. The van der Waals surface area contributed by atoms with Crippen molar-refractivity contribution in [2.45, 2.75) is 89.6 Å². The summed E-state index contributed by atoms with van der Waals surface area (Å²) in [6.07, 6.45) is 3.14. The maximum Gasteiger partial charge on any atom is 0.319 e. The zero-order valence-electron chi connectivity index (χ0n) is 30.7. The Labute approximate surface area is 305 Å². The molecule has 4 aromatic carbocycles. The number of aryl methyl sites for hydroxylation is 2. The molecule has 0 radical (unpaired) electrons. The summed E-state index contributed by atoms with van der Waals surface area (Å²) in [7, 11) is 1.98. The van der Waals surface area contributed by atoms with Crippen molar-refractivity contribution in [3.8, 4) is 23.0 Å². The van der Waals surface area contributed by atoms with Gasteiger partial charge in [-0.15, -0.1) is 11.8 Å². The van der Waals surface area contributed by atoms with Gasteiger partial charge in [0.15, 0.2) is 0 Å². The molecule has 268 valence electrons. The van der Waals surface area contributed by atoms with Gasteiger partial charge in [-0.05, 0) is 125 Å². The topological polar surface area (TPSA) is 92.0 Å². The predicted octanol–water partition coefficient (Wildman–Crippen LogP) is 8.77. The molecule has 2 unspecified atom stereocenters. The fraction of sp³-hybridized carbons (Fsp3) is 0.381. The van der Waals surface area contributed by atoms with Crippen LogP contribution in [0.2, 0.25) is 0 Å². The van der Waals surface area contributed by atoms with Crippen LogP contribution in [-0.2, 0) is 42.4 Å². The second kappa shape index (κ2) is 15.3. The molecule has 1 aromatic heterocycles. The van der Waals surface area contributed by atoms with Crippen molar-refractivity contribution in [2.75, 3.05) is 13.2 Å². The van der Waals surface area contributed by atoms with Crippen molar-refractivity contribution in [2.24, 2.45) is 7.05 Å². The Kier molecular flexibility index (Phi) is 10.9. The number of carbonyl (C=O) groups is 1. The lowest BCUT2D eigenvalue weighted by Gasteiger charge is -2.37. The molecule has 1 aliphatic heterocycles. The zero-order valence-corrected chi connectivity index (χ0v) is 31.5. The monoisotopic (exact) mass is 708 g/mol. The molecule has 0 saturated heterocycles. The molecule has 0 fully saturated rings. The number of aromatic nitrogens is 2. The van der Waals surface area contributed by atoms with Gasteiger partial charge in [0.1, 0.15) is 52.9 Å². The van der Waals surface area contributed by atoms with E-state index in [9.17, 15) is 9.90 Å². The van der Waals surface area contributed by atoms with Gasteiger partial charge >= 0.3 is 5.97 Å². The number of esters is 1. The average molecular weight is 709 g/mol. The minimum Gasteiger partial charge on any atom is -0.507 e. The van der Waals surface area contributed by atoms with E-state index in [4.69, 9.17) is 23.9 Å². The quantitative estimate of drug-likeness (QED) is 0.0959. The number of phenolic OH excluding ortho intramolecular Hbond substituents is 1. The molecular formula is C42H48N2O6S. The smallest absolute Gasteiger partial charge is 0.319 e. The summed E-state index contributed by atoms with van der Waals surface area (Å²) < 4.78 is 26.5. The first-order chi connectivity index (χ1) is 24.5. The second-order valence-corrected chi connectivity index (χ2v) is 14.9. The van der Waals surface area contributed by atoms with E-state index >= 15 is 0 Å². The van der Waals surface area contributed by atoms with Crippen molar-refractivity contribution in [1.29, 1.82) is 0 Å². The van der Waals surface area contributed by atoms with E-state index in [1.54, 1.807) is 0 Å². The normalized spacial score (nSPS) is 16.0. The van der Waals surface area contributed by atoms with Gasteiger partial charge in [-0.3, -0.25) is 4.79 Å². The molecule has 2 atom stereocenters. The number of aromatic hydroxyl groups is 1. The van der Waals surface area contributed by atoms with Crippen LogP contribution in [0.5, 0.6) is 23.0 Å². The molecule has 0 spiro atoms. The number of carbonyl (C=O) groups excluding carboxylic acids is 1. The highest BCUT2D eigenvalue weighted by molar-refractivity contribution is 8.00. The van der Waals surface area contributed by atoms with Gasteiger partial charge < -0.3 is 28.6 Å². The van der Waals surface area contributed by atoms with Crippen LogP contribution in [0.4, 0.5) is 0 Å². The number of hydrogen-bond donors (Lipinski definition) is 1. The van der Waals surface area contributed by atoms with Gasteiger partial charge in [0.25, 0.3) is 0 Å². The highest BCUT2D eigenvalue weighted by atomic mass is 32.2. The molecule has 6 rings (SSSR count). The summed E-state index contributed by atoms with van der Waals surface area (Å²) >= 11 is 1.54. The van der Waals surface area contributed by atoms with Gasteiger partial charge in [0.05, 0.1) is 17.6 Å². The fourth-order valence-electron chi connectivity index (χ4n) is 6.53. The molecular weight excluding hydrogens is 661 g/mol. The lowest BCUT2D eigenvalue weighted by atomic mass is 9.87. The fourth-order valence-corrected chi connectivity index (χ4v) is 7.59. The van der Waals surface area contributed by atoms with Crippen LogP contribution in [0.3, 0.4) is 0 Å². The third kappa shape index (κ3) is 7.99. The Balaban J connectivity index is 1.07. The van der Waals surface area contributed by atoms with Gasteiger partial charge in [0.2, 0.25) is 0 Å². The van der Waals surface area contributed by atoms with Crippen molar-refractivity contribution in [1.82, 2.24) is 9.55 Å².